The van der Waals surface area contributed by atoms with Gasteiger partial charge in [0.05, 0.1) is 24.0 Å². The summed E-state index contributed by atoms with van der Waals surface area (Å²) < 4.78 is 1.70. The van der Waals surface area contributed by atoms with Crippen LogP contribution in [0.15, 0.2) is 36.7 Å². The molecule has 0 bridgehead atoms. The normalized spacial score (nSPS) is 22.6. The quantitative estimate of drug-likeness (QED) is 0.776. The maximum Gasteiger partial charge on any atom is 0.253 e. The van der Waals surface area contributed by atoms with Gasteiger partial charge in [0.1, 0.15) is 0 Å². The highest BCUT2D eigenvalue weighted by atomic mass is 16.2. The van der Waals surface area contributed by atoms with Gasteiger partial charge in [-0.1, -0.05) is 6.07 Å². The third-order valence-corrected chi connectivity index (χ3v) is 6.17. The molecule has 4 rings (SSSR count). The van der Waals surface area contributed by atoms with Crippen LogP contribution >= 0.6 is 0 Å². The number of nitrogens with zero attached hydrogens (tertiary/aromatic N) is 6. The first-order chi connectivity index (χ1) is 13.8. The molecule has 1 aromatic heterocycles. The molecule has 0 N–H and O–H groups in total. The molecule has 0 radical (unpaired) electrons. The second kappa shape index (κ2) is 7.18. The van der Waals surface area contributed by atoms with E-state index >= 15 is 0 Å². The van der Waals surface area contributed by atoms with Crippen molar-refractivity contribution >= 4 is 23.2 Å². The fourth-order valence-corrected chi connectivity index (χ4v) is 4.31. The summed E-state index contributed by atoms with van der Waals surface area (Å²) in [6, 6.07) is 7.72. The van der Waals surface area contributed by atoms with E-state index in [1.165, 1.54) is 0 Å². The van der Waals surface area contributed by atoms with Crippen molar-refractivity contribution in [2.24, 2.45) is 7.05 Å². The monoisotopic (exact) mass is 396 g/mol. The summed E-state index contributed by atoms with van der Waals surface area (Å²) in [5.74, 6) is 0.110. The van der Waals surface area contributed by atoms with Crippen molar-refractivity contribution in [1.29, 1.82) is 0 Å². The van der Waals surface area contributed by atoms with Crippen molar-refractivity contribution in [3.05, 3.63) is 42.2 Å². The number of amides is 2. The van der Waals surface area contributed by atoms with Crippen LogP contribution in [0.2, 0.25) is 0 Å². The van der Waals surface area contributed by atoms with Crippen molar-refractivity contribution in [2.45, 2.75) is 12.0 Å². The molecule has 2 amide bonds. The van der Waals surface area contributed by atoms with E-state index in [1.807, 2.05) is 73.4 Å². The van der Waals surface area contributed by atoms with Gasteiger partial charge in [-0.05, 0) is 31.7 Å². The van der Waals surface area contributed by atoms with Gasteiger partial charge in [0, 0.05) is 58.2 Å². The van der Waals surface area contributed by atoms with Crippen molar-refractivity contribution in [3.8, 4) is 0 Å². The Kier molecular flexibility index (Phi) is 4.82. The molecule has 1 spiro atoms. The zero-order valence-electron chi connectivity index (χ0n) is 17.5. The molecule has 1 aromatic carbocycles. The van der Waals surface area contributed by atoms with Crippen molar-refractivity contribution in [2.75, 3.05) is 57.1 Å². The second-order valence-corrected chi connectivity index (χ2v) is 8.35. The molecule has 154 valence electrons. The minimum absolute atomic E-state index is 0.0452. The average Bonchev–Trinajstić information content (AvgIpc) is 3.32. The van der Waals surface area contributed by atoms with Crippen LogP contribution in [0.4, 0.5) is 11.4 Å². The summed E-state index contributed by atoms with van der Waals surface area (Å²) in [6.07, 6.45) is 4.43. The maximum absolute atomic E-state index is 13.2. The van der Waals surface area contributed by atoms with Gasteiger partial charge in [0.2, 0.25) is 5.91 Å². The Balaban J connectivity index is 1.54. The number of piperazine rings is 1. The summed E-state index contributed by atoms with van der Waals surface area (Å²) in [5.41, 5.74) is 2.28. The predicted molar refractivity (Wildman–Crippen MR) is 112 cm³/mol. The number of hydrogen-bond acceptors (Lipinski definition) is 5. The second-order valence-electron chi connectivity index (χ2n) is 8.35. The van der Waals surface area contributed by atoms with Crippen LogP contribution in [-0.2, 0) is 11.8 Å². The summed E-state index contributed by atoms with van der Waals surface area (Å²) in [7, 11) is 7.77. The number of carbonyl (C=O) groups is 2. The summed E-state index contributed by atoms with van der Waals surface area (Å²) in [6.45, 7) is 2.20. The number of rotatable bonds is 3. The highest BCUT2D eigenvalue weighted by Crippen LogP contribution is 2.34. The third kappa shape index (κ3) is 3.48. The van der Waals surface area contributed by atoms with Crippen LogP contribution in [0.1, 0.15) is 16.8 Å². The molecule has 3 heterocycles. The minimum Gasteiger partial charge on any atom is -0.378 e. The Hall–Kier alpha value is -2.87. The fourth-order valence-electron chi connectivity index (χ4n) is 4.31. The zero-order valence-corrected chi connectivity index (χ0v) is 17.5. The number of likely N-dealkylation sites (tertiary alicyclic amines) is 1. The molecule has 2 aromatic rings. The molecule has 2 aliphatic heterocycles. The first-order valence-electron chi connectivity index (χ1n) is 9.86. The Bertz CT molecular complexity index is 939. The van der Waals surface area contributed by atoms with Crippen LogP contribution in [0.25, 0.3) is 0 Å². The molecule has 0 aliphatic carbocycles. The highest BCUT2D eigenvalue weighted by Gasteiger charge is 2.48. The SMILES string of the molecule is CN(C)c1cccc(C(=O)N2CC[C@]3(C2)CN(c2cnn(C)c2)C(=O)CN3C)c1. The number of hydrogen-bond donors (Lipinski definition) is 0. The Labute approximate surface area is 171 Å². The van der Waals surface area contributed by atoms with E-state index in [2.05, 4.69) is 10.00 Å². The number of aromatic nitrogens is 2. The van der Waals surface area contributed by atoms with Gasteiger partial charge in [0.15, 0.2) is 0 Å². The smallest absolute Gasteiger partial charge is 0.253 e. The van der Waals surface area contributed by atoms with Crippen molar-refractivity contribution < 1.29 is 9.59 Å². The van der Waals surface area contributed by atoms with E-state index in [4.69, 9.17) is 0 Å². The topological polar surface area (TPSA) is 64.9 Å². The first-order valence-corrected chi connectivity index (χ1v) is 9.86. The van der Waals surface area contributed by atoms with Gasteiger partial charge in [-0.15, -0.1) is 0 Å². The van der Waals surface area contributed by atoms with Crippen molar-refractivity contribution in [1.82, 2.24) is 19.6 Å². The largest absolute Gasteiger partial charge is 0.378 e. The molecule has 2 saturated heterocycles. The summed E-state index contributed by atoms with van der Waals surface area (Å²) in [4.78, 5) is 33.7. The molecule has 8 heteroatoms. The van der Waals surface area contributed by atoms with Crippen LogP contribution in [-0.4, -0.2) is 84.3 Å². The molecule has 0 unspecified atom stereocenters. The minimum atomic E-state index is -0.238. The lowest BCUT2D eigenvalue weighted by molar-refractivity contribution is -0.123. The van der Waals surface area contributed by atoms with Gasteiger partial charge >= 0.3 is 0 Å². The molecule has 2 aliphatic rings. The Morgan fingerprint density at radius 2 is 2.00 bits per heavy atom. The third-order valence-electron chi connectivity index (χ3n) is 6.17. The highest BCUT2D eigenvalue weighted by molar-refractivity contribution is 5.97. The van der Waals surface area contributed by atoms with E-state index in [-0.39, 0.29) is 17.4 Å². The molecule has 1 atom stereocenters. The molecule has 2 fully saturated rings. The summed E-state index contributed by atoms with van der Waals surface area (Å²) >= 11 is 0. The number of carbonyl (C=O) groups excluding carboxylic acids is 2. The van der Waals surface area contributed by atoms with Gasteiger partial charge in [-0.3, -0.25) is 19.2 Å². The molecule has 8 nitrogen and oxygen atoms in total. The number of benzene rings is 1. The van der Waals surface area contributed by atoms with Gasteiger partial charge < -0.3 is 14.7 Å². The lowest BCUT2D eigenvalue weighted by atomic mass is 9.93. The van der Waals surface area contributed by atoms with Crippen molar-refractivity contribution in [3.63, 3.8) is 0 Å². The van der Waals surface area contributed by atoms with Crippen LogP contribution in [0.3, 0.4) is 0 Å². The molecule has 29 heavy (non-hydrogen) atoms. The van der Waals surface area contributed by atoms with Crippen LogP contribution < -0.4 is 9.80 Å². The van der Waals surface area contributed by atoms with E-state index in [9.17, 15) is 9.59 Å². The average molecular weight is 396 g/mol. The number of aryl methyl sites for hydroxylation is 1. The standard InChI is InChI=1S/C21H28N6O2/c1-23(2)17-7-5-6-16(10-17)20(29)26-9-8-21(14-26)15-27(19(28)13-24(21)3)18-11-22-25(4)12-18/h5-7,10-12H,8-9,13-15H2,1-4H3/t21-/m0/s1. The number of likely N-dealkylation sites (N-methyl/N-ethyl adjacent to an activating group) is 1. The van der Waals surface area contributed by atoms with Gasteiger partial charge in [0.25, 0.3) is 5.91 Å². The Morgan fingerprint density at radius 3 is 2.69 bits per heavy atom. The van der Waals surface area contributed by atoms with E-state index in [0.717, 1.165) is 17.8 Å². The van der Waals surface area contributed by atoms with Gasteiger partial charge in [-0.2, -0.15) is 5.10 Å². The van der Waals surface area contributed by atoms with Crippen LogP contribution in [0.5, 0.6) is 0 Å². The molecular formula is C21H28N6O2. The lowest BCUT2D eigenvalue weighted by Crippen LogP contribution is -2.64. The van der Waals surface area contributed by atoms with Crippen LogP contribution in [0, 0.1) is 0 Å². The fraction of sp³-hybridized carbons (Fsp3) is 0.476. The van der Waals surface area contributed by atoms with E-state index in [1.54, 1.807) is 10.9 Å². The summed E-state index contributed by atoms with van der Waals surface area (Å²) in [5, 5.41) is 4.21. The van der Waals surface area contributed by atoms with Gasteiger partial charge in [-0.25, -0.2) is 0 Å². The molecule has 0 saturated carbocycles. The predicted octanol–water partition coefficient (Wildman–Crippen LogP) is 1.05. The lowest BCUT2D eigenvalue weighted by Gasteiger charge is -2.46. The molecular weight excluding hydrogens is 368 g/mol. The van der Waals surface area contributed by atoms with E-state index in [0.29, 0.717) is 31.7 Å². The number of anilines is 2. The van der Waals surface area contributed by atoms with E-state index < -0.39 is 0 Å². The maximum atomic E-state index is 13.2. The Morgan fingerprint density at radius 1 is 1.21 bits per heavy atom. The first kappa shape index (κ1) is 19.4. The zero-order chi connectivity index (χ0) is 20.8.